The summed E-state index contributed by atoms with van der Waals surface area (Å²) >= 11 is 0. The lowest BCUT2D eigenvalue weighted by atomic mass is 10.2. The fourth-order valence-electron chi connectivity index (χ4n) is 2.98. The van der Waals surface area contributed by atoms with E-state index in [0.717, 1.165) is 57.1 Å². The van der Waals surface area contributed by atoms with E-state index in [2.05, 4.69) is 15.1 Å². The predicted octanol–water partition coefficient (Wildman–Crippen LogP) is 3.59. The summed E-state index contributed by atoms with van der Waals surface area (Å²) in [4.78, 5) is 4.75. The minimum atomic E-state index is -0.209. The number of halogens is 2. The minimum Gasteiger partial charge on any atom is -0.385 e. The maximum atomic E-state index is 13.0. The number of piperazine rings is 1. The lowest BCUT2D eigenvalue weighted by Gasteiger charge is -2.36. The second kappa shape index (κ2) is 8.11. The number of benzene rings is 2. The summed E-state index contributed by atoms with van der Waals surface area (Å²) in [5.74, 6) is -0.398. The normalized spacial score (nSPS) is 15.5. The average Bonchev–Trinajstić information content (AvgIpc) is 2.62. The zero-order chi connectivity index (χ0) is 16.8. The molecular weight excluding hydrogens is 308 g/mol. The standard InChI is InChI=1S/C19H23F2N3/c20-16-2-6-18(7-3-16)22-10-1-11-23-12-14-24(15-13-23)19-8-4-17(21)5-9-19/h2-9,22H,1,10-15H2. The van der Waals surface area contributed by atoms with Crippen LogP contribution in [-0.4, -0.2) is 44.2 Å². The fourth-order valence-corrected chi connectivity index (χ4v) is 2.98. The fraction of sp³-hybridized carbons (Fsp3) is 0.368. The molecule has 24 heavy (non-hydrogen) atoms. The molecular formula is C19H23F2N3. The molecule has 1 aliphatic heterocycles. The molecule has 0 aliphatic carbocycles. The highest BCUT2D eigenvalue weighted by molar-refractivity contribution is 5.46. The van der Waals surface area contributed by atoms with E-state index in [1.54, 1.807) is 12.1 Å². The molecule has 1 N–H and O–H groups in total. The van der Waals surface area contributed by atoms with E-state index in [-0.39, 0.29) is 11.6 Å². The second-order valence-corrected chi connectivity index (χ2v) is 6.09. The Morgan fingerprint density at radius 1 is 0.792 bits per heavy atom. The van der Waals surface area contributed by atoms with Gasteiger partial charge in [0.15, 0.2) is 0 Å². The SMILES string of the molecule is Fc1ccc(NCCCN2CCN(c3ccc(F)cc3)CC2)cc1. The van der Waals surface area contributed by atoms with E-state index in [1.807, 2.05) is 12.1 Å². The van der Waals surface area contributed by atoms with Crippen molar-refractivity contribution in [2.45, 2.75) is 6.42 Å². The van der Waals surface area contributed by atoms with Crippen LogP contribution in [0, 0.1) is 11.6 Å². The molecule has 2 aromatic rings. The summed E-state index contributed by atoms with van der Waals surface area (Å²) in [6.07, 6.45) is 1.05. The van der Waals surface area contributed by atoms with Gasteiger partial charge >= 0.3 is 0 Å². The van der Waals surface area contributed by atoms with Gasteiger partial charge in [0.1, 0.15) is 11.6 Å². The smallest absolute Gasteiger partial charge is 0.123 e. The van der Waals surface area contributed by atoms with Gasteiger partial charge in [0, 0.05) is 44.1 Å². The zero-order valence-electron chi connectivity index (χ0n) is 13.7. The van der Waals surface area contributed by atoms with Crippen LogP contribution in [0.15, 0.2) is 48.5 Å². The first-order valence-corrected chi connectivity index (χ1v) is 8.43. The molecule has 3 nitrogen and oxygen atoms in total. The lowest BCUT2D eigenvalue weighted by molar-refractivity contribution is 0.257. The molecule has 0 aromatic heterocycles. The van der Waals surface area contributed by atoms with Crippen molar-refractivity contribution in [3.63, 3.8) is 0 Å². The van der Waals surface area contributed by atoms with Gasteiger partial charge in [-0.25, -0.2) is 8.78 Å². The Labute approximate surface area is 141 Å². The van der Waals surface area contributed by atoms with Gasteiger partial charge < -0.3 is 10.2 Å². The first-order valence-electron chi connectivity index (χ1n) is 8.43. The largest absolute Gasteiger partial charge is 0.385 e. The molecule has 1 saturated heterocycles. The Hall–Kier alpha value is -2.14. The molecule has 0 amide bonds. The van der Waals surface area contributed by atoms with Crippen LogP contribution in [0.25, 0.3) is 0 Å². The highest BCUT2D eigenvalue weighted by Gasteiger charge is 2.16. The van der Waals surface area contributed by atoms with Crippen molar-refractivity contribution < 1.29 is 8.78 Å². The van der Waals surface area contributed by atoms with E-state index >= 15 is 0 Å². The topological polar surface area (TPSA) is 18.5 Å². The molecule has 1 fully saturated rings. The van der Waals surface area contributed by atoms with Crippen LogP contribution in [-0.2, 0) is 0 Å². The summed E-state index contributed by atoms with van der Waals surface area (Å²) in [6, 6.07) is 13.2. The Kier molecular flexibility index (Phi) is 5.64. The molecule has 0 spiro atoms. The molecule has 5 heteroatoms. The van der Waals surface area contributed by atoms with E-state index in [9.17, 15) is 8.78 Å². The van der Waals surface area contributed by atoms with Gasteiger partial charge in [-0.2, -0.15) is 0 Å². The van der Waals surface area contributed by atoms with Gasteiger partial charge in [0.2, 0.25) is 0 Å². The molecule has 1 aliphatic rings. The maximum Gasteiger partial charge on any atom is 0.123 e. The number of anilines is 2. The number of rotatable bonds is 6. The summed E-state index contributed by atoms with van der Waals surface area (Å²) in [7, 11) is 0. The number of hydrogen-bond donors (Lipinski definition) is 1. The molecule has 0 radical (unpaired) electrons. The Balaban J connectivity index is 1.35. The van der Waals surface area contributed by atoms with Gasteiger partial charge in [-0.3, -0.25) is 4.90 Å². The van der Waals surface area contributed by atoms with Crippen LogP contribution in [0.4, 0.5) is 20.2 Å². The van der Waals surface area contributed by atoms with Crippen LogP contribution in [0.3, 0.4) is 0 Å². The molecule has 0 bridgehead atoms. The van der Waals surface area contributed by atoms with Crippen LogP contribution in [0.1, 0.15) is 6.42 Å². The quantitative estimate of drug-likeness (QED) is 0.816. The van der Waals surface area contributed by atoms with E-state index in [4.69, 9.17) is 0 Å². The first kappa shape index (κ1) is 16.7. The minimum absolute atomic E-state index is 0.189. The van der Waals surface area contributed by atoms with Gasteiger partial charge in [-0.05, 0) is 61.5 Å². The van der Waals surface area contributed by atoms with Crippen LogP contribution >= 0.6 is 0 Å². The van der Waals surface area contributed by atoms with Crippen molar-refractivity contribution in [1.82, 2.24) is 4.90 Å². The highest BCUT2D eigenvalue weighted by atomic mass is 19.1. The Bertz CT molecular complexity index is 620. The predicted molar refractivity (Wildman–Crippen MR) is 94.6 cm³/mol. The third-order valence-corrected chi connectivity index (χ3v) is 4.39. The second-order valence-electron chi connectivity index (χ2n) is 6.09. The first-order chi connectivity index (χ1) is 11.7. The molecule has 2 aromatic carbocycles. The van der Waals surface area contributed by atoms with Crippen molar-refractivity contribution in [3.05, 3.63) is 60.2 Å². The molecule has 128 valence electrons. The van der Waals surface area contributed by atoms with Gasteiger partial charge in [0.05, 0.1) is 0 Å². The third-order valence-electron chi connectivity index (χ3n) is 4.39. The molecule has 0 saturated carbocycles. The molecule has 0 unspecified atom stereocenters. The summed E-state index contributed by atoms with van der Waals surface area (Å²) < 4.78 is 25.8. The summed E-state index contributed by atoms with van der Waals surface area (Å²) in [5, 5.41) is 3.31. The van der Waals surface area contributed by atoms with Gasteiger partial charge in [0.25, 0.3) is 0 Å². The third kappa shape index (κ3) is 4.68. The molecule has 3 rings (SSSR count). The van der Waals surface area contributed by atoms with Crippen LogP contribution in [0.5, 0.6) is 0 Å². The van der Waals surface area contributed by atoms with E-state index in [0.29, 0.717) is 0 Å². The van der Waals surface area contributed by atoms with Crippen LogP contribution < -0.4 is 10.2 Å². The Morgan fingerprint density at radius 2 is 1.38 bits per heavy atom. The van der Waals surface area contributed by atoms with Crippen molar-refractivity contribution in [2.75, 3.05) is 49.5 Å². The van der Waals surface area contributed by atoms with E-state index < -0.39 is 0 Å². The van der Waals surface area contributed by atoms with Crippen molar-refractivity contribution in [2.24, 2.45) is 0 Å². The zero-order valence-corrected chi connectivity index (χ0v) is 13.7. The number of nitrogens with one attached hydrogen (secondary N) is 1. The van der Waals surface area contributed by atoms with Gasteiger partial charge in [-0.1, -0.05) is 0 Å². The van der Waals surface area contributed by atoms with Gasteiger partial charge in [-0.15, -0.1) is 0 Å². The maximum absolute atomic E-state index is 13.0. The lowest BCUT2D eigenvalue weighted by Crippen LogP contribution is -2.46. The van der Waals surface area contributed by atoms with E-state index in [1.165, 1.54) is 24.3 Å². The number of nitrogens with zero attached hydrogens (tertiary/aromatic N) is 2. The van der Waals surface area contributed by atoms with Crippen molar-refractivity contribution >= 4 is 11.4 Å². The van der Waals surface area contributed by atoms with Crippen molar-refractivity contribution in [1.29, 1.82) is 0 Å². The summed E-state index contributed by atoms with van der Waals surface area (Å²) in [5.41, 5.74) is 2.05. The summed E-state index contributed by atoms with van der Waals surface area (Å²) in [6.45, 7) is 5.91. The molecule has 0 atom stereocenters. The Morgan fingerprint density at radius 3 is 2.00 bits per heavy atom. The number of hydrogen-bond acceptors (Lipinski definition) is 3. The van der Waals surface area contributed by atoms with Crippen molar-refractivity contribution in [3.8, 4) is 0 Å². The molecule has 1 heterocycles. The van der Waals surface area contributed by atoms with Crippen LogP contribution in [0.2, 0.25) is 0 Å². The highest BCUT2D eigenvalue weighted by Crippen LogP contribution is 2.17. The monoisotopic (exact) mass is 331 g/mol. The average molecular weight is 331 g/mol.